The summed E-state index contributed by atoms with van der Waals surface area (Å²) in [5, 5.41) is 4.34. The van der Waals surface area contributed by atoms with Crippen molar-refractivity contribution in [2.24, 2.45) is 0 Å². The summed E-state index contributed by atoms with van der Waals surface area (Å²) in [6.45, 7) is 4.27. The van der Waals surface area contributed by atoms with Crippen molar-refractivity contribution in [2.45, 2.75) is 26.7 Å². The van der Waals surface area contributed by atoms with E-state index in [0.717, 1.165) is 40.7 Å². The van der Waals surface area contributed by atoms with Crippen molar-refractivity contribution < 1.29 is 9.47 Å². The van der Waals surface area contributed by atoms with E-state index >= 15 is 0 Å². The van der Waals surface area contributed by atoms with E-state index in [1.807, 2.05) is 24.3 Å². The molecule has 136 valence electrons. The second kappa shape index (κ2) is 8.23. The highest BCUT2D eigenvalue weighted by Crippen LogP contribution is 2.37. The fourth-order valence-electron chi connectivity index (χ4n) is 2.86. The van der Waals surface area contributed by atoms with Crippen LogP contribution in [-0.2, 0) is 6.42 Å². The molecule has 5 heteroatoms. The van der Waals surface area contributed by atoms with Gasteiger partial charge in [0.1, 0.15) is 0 Å². The number of anilines is 2. The van der Waals surface area contributed by atoms with E-state index in [-0.39, 0.29) is 0 Å². The van der Waals surface area contributed by atoms with Crippen LogP contribution in [0.25, 0.3) is 11.3 Å². The lowest BCUT2D eigenvalue weighted by atomic mass is 10.1. The van der Waals surface area contributed by atoms with Crippen LogP contribution in [0.2, 0.25) is 0 Å². The number of ether oxygens (including phenoxy) is 2. The predicted octanol–water partition coefficient (Wildman–Crippen LogP) is 5.83. The van der Waals surface area contributed by atoms with Crippen LogP contribution in [-0.4, -0.2) is 19.2 Å². The Morgan fingerprint density at radius 1 is 1.04 bits per heavy atom. The molecule has 1 aromatic heterocycles. The molecular weight excluding hydrogens is 344 g/mol. The lowest BCUT2D eigenvalue weighted by molar-refractivity contribution is 0.355. The molecule has 4 nitrogen and oxygen atoms in total. The Kier molecular flexibility index (Phi) is 5.78. The van der Waals surface area contributed by atoms with Crippen LogP contribution in [0, 0.1) is 6.92 Å². The average Bonchev–Trinajstić information content (AvgIpc) is 3.03. The lowest BCUT2D eigenvalue weighted by Gasteiger charge is -2.09. The van der Waals surface area contributed by atoms with E-state index in [2.05, 4.69) is 37.4 Å². The van der Waals surface area contributed by atoms with E-state index < -0.39 is 0 Å². The molecule has 0 saturated carbocycles. The molecule has 0 spiro atoms. The van der Waals surface area contributed by atoms with Crippen LogP contribution in [0.3, 0.4) is 0 Å². The zero-order valence-electron chi connectivity index (χ0n) is 15.6. The Morgan fingerprint density at radius 3 is 2.54 bits per heavy atom. The molecule has 1 heterocycles. The maximum absolute atomic E-state index is 5.45. The third-order valence-corrected chi connectivity index (χ3v) is 5.13. The Bertz CT molecular complexity index is 889. The quantitative estimate of drug-likeness (QED) is 0.569. The van der Waals surface area contributed by atoms with E-state index in [9.17, 15) is 0 Å². The molecule has 0 aliphatic carbocycles. The van der Waals surface area contributed by atoms with Gasteiger partial charge in [-0.15, -0.1) is 11.3 Å². The van der Waals surface area contributed by atoms with E-state index in [0.29, 0.717) is 5.75 Å². The lowest BCUT2D eigenvalue weighted by Crippen LogP contribution is -1.93. The first kappa shape index (κ1) is 18.3. The van der Waals surface area contributed by atoms with Crippen molar-refractivity contribution in [2.75, 3.05) is 19.5 Å². The molecular formula is C21H24N2O2S. The number of aromatic nitrogens is 1. The third-order valence-electron chi connectivity index (χ3n) is 4.10. The summed E-state index contributed by atoms with van der Waals surface area (Å²) in [5.41, 5.74) is 4.33. The van der Waals surface area contributed by atoms with Gasteiger partial charge in [0.15, 0.2) is 16.6 Å². The monoisotopic (exact) mass is 368 g/mol. The normalized spacial score (nSPS) is 10.6. The van der Waals surface area contributed by atoms with Gasteiger partial charge in [-0.3, -0.25) is 0 Å². The summed E-state index contributed by atoms with van der Waals surface area (Å²) in [5.74, 6) is 1.44. The molecule has 0 amide bonds. The van der Waals surface area contributed by atoms with Crippen LogP contribution < -0.4 is 14.8 Å². The predicted molar refractivity (Wildman–Crippen MR) is 109 cm³/mol. The molecule has 0 saturated heterocycles. The number of aryl methyl sites for hydroxylation is 2. The van der Waals surface area contributed by atoms with Crippen molar-refractivity contribution in [3.05, 3.63) is 52.9 Å². The fourth-order valence-corrected chi connectivity index (χ4v) is 3.96. The standard InChI is InChI=1S/C21H24N2O2S/c1-5-7-19-20(15-10-11-17(24-3)18(13-15)25-4)23-21(26-19)22-16-9-6-8-14(2)12-16/h6,8-13H,5,7H2,1-4H3,(H,22,23). The smallest absolute Gasteiger partial charge is 0.187 e. The summed E-state index contributed by atoms with van der Waals surface area (Å²) >= 11 is 1.71. The molecule has 0 bridgehead atoms. The second-order valence-electron chi connectivity index (χ2n) is 6.11. The molecule has 26 heavy (non-hydrogen) atoms. The number of methoxy groups -OCH3 is 2. The zero-order chi connectivity index (χ0) is 18.5. The molecule has 0 atom stereocenters. The number of rotatable bonds is 7. The van der Waals surface area contributed by atoms with Gasteiger partial charge in [-0.2, -0.15) is 0 Å². The van der Waals surface area contributed by atoms with E-state index in [4.69, 9.17) is 14.5 Å². The Hall–Kier alpha value is -2.53. The van der Waals surface area contributed by atoms with E-state index in [1.54, 1.807) is 25.6 Å². The van der Waals surface area contributed by atoms with Crippen LogP contribution in [0.15, 0.2) is 42.5 Å². The van der Waals surface area contributed by atoms with Gasteiger partial charge < -0.3 is 14.8 Å². The number of nitrogens with zero attached hydrogens (tertiary/aromatic N) is 1. The van der Waals surface area contributed by atoms with Crippen LogP contribution >= 0.6 is 11.3 Å². The van der Waals surface area contributed by atoms with Crippen LogP contribution in [0.5, 0.6) is 11.5 Å². The second-order valence-corrected chi connectivity index (χ2v) is 7.19. The molecule has 0 fully saturated rings. The largest absolute Gasteiger partial charge is 0.493 e. The van der Waals surface area contributed by atoms with Crippen LogP contribution in [0.1, 0.15) is 23.8 Å². The summed E-state index contributed by atoms with van der Waals surface area (Å²) in [6.07, 6.45) is 2.07. The highest BCUT2D eigenvalue weighted by atomic mass is 32.1. The summed E-state index contributed by atoms with van der Waals surface area (Å²) in [7, 11) is 3.30. The number of hydrogen-bond donors (Lipinski definition) is 1. The Morgan fingerprint density at radius 2 is 1.85 bits per heavy atom. The van der Waals surface area contributed by atoms with Gasteiger partial charge in [-0.1, -0.05) is 25.5 Å². The number of thiazole rings is 1. The highest BCUT2D eigenvalue weighted by molar-refractivity contribution is 7.16. The number of hydrogen-bond acceptors (Lipinski definition) is 5. The van der Waals surface area contributed by atoms with Crippen molar-refractivity contribution in [3.8, 4) is 22.8 Å². The SMILES string of the molecule is CCCc1sc(Nc2cccc(C)c2)nc1-c1ccc(OC)c(OC)c1. The van der Waals surface area contributed by atoms with Crippen molar-refractivity contribution in [3.63, 3.8) is 0 Å². The topological polar surface area (TPSA) is 43.4 Å². The molecule has 0 radical (unpaired) electrons. The summed E-state index contributed by atoms with van der Waals surface area (Å²) in [4.78, 5) is 6.14. The molecule has 2 aromatic carbocycles. The van der Waals surface area contributed by atoms with Gasteiger partial charge >= 0.3 is 0 Å². The van der Waals surface area contributed by atoms with Gasteiger partial charge in [-0.25, -0.2) is 4.98 Å². The average molecular weight is 369 g/mol. The molecule has 0 aliphatic rings. The maximum Gasteiger partial charge on any atom is 0.187 e. The maximum atomic E-state index is 5.45. The van der Waals surface area contributed by atoms with Gasteiger partial charge in [-0.05, 0) is 49.2 Å². The Labute approximate surface area is 158 Å². The van der Waals surface area contributed by atoms with Gasteiger partial charge in [0.25, 0.3) is 0 Å². The van der Waals surface area contributed by atoms with Gasteiger partial charge in [0.05, 0.1) is 19.9 Å². The summed E-state index contributed by atoms with van der Waals surface area (Å²) < 4.78 is 10.8. The minimum atomic E-state index is 0.716. The van der Waals surface area contributed by atoms with Gasteiger partial charge in [0.2, 0.25) is 0 Å². The first-order chi connectivity index (χ1) is 12.6. The first-order valence-electron chi connectivity index (χ1n) is 8.70. The summed E-state index contributed by atoms with van der Waals surface area (Å²) in [6, 6.07) is 14.3. The minimum Gasteiger partial charge on any atom is -0.493 e. The first-order valence-corrected chi connectivity index (χ1v) is 9.52. The van der Waals surface area contributed by atoms with E-state index in [1.165, 1.54) is 10.4 Å². The molecule has 0 unspecified atom stereocenters. The van der Waals surface area contributed by atoms with Crippen molar-refractivity contribution in [1.29, 1.82) is 0 Å². The zero-order valence-corrected chi connectivity index (χ0v) is 16.4. The molecule has 3 rings (SSSR count). The number of nitrogens with one attached hydrogen (secondary N) is 1. The molecule has 1 N–H and O–H groups in total. The Balaban J connectivity index is 1.97. The highest BCUT2D eigenvalue weighted by Gasteiger charge is 2.15. The van der Waals surface area contributed by atoms with Crippen molar-refractivity contribution >= 4 is 22.2 Å². The number of benzene rings is 2. The van der Waals surface area contributed by atoms with Crippen LogP contribution in [0.4, 0.5) is 10.8 Å². The van der Waals surface area contributed by atoms with Gasteiger partial charge in [0, 0.05) is 16.1 Å². The molecule has 3 aromatic rings. The minimum absolute atomic E-state index is 0.716. The van der Waals surface area contributed by atoms with Crippen molar-refractivity contribution in [1.82, 2.24) is 4.98 Å². The molecule has 0 aliphatic heterocycles. The third kappa shape index (κ3) is 3.99. The fraction of sp³-hybridized carbons (Fsp3) is 0.286.